The fourth-order valence-electron chi connectivity index (χ4n) is 4.26. The van der Waals surface area contributed by atoms with Crippen molar-refractivity contribution in [1.82, 2.24) is 30.7 Å². The number of piperidine rings is 1. The molecule has 1 fully saturated rings. The van der Waals surface area contributed by atoms with Gasteiger partial charge in [-0.25, -0.2) is 4.79 Å². The molecule has 0 radical (unpaired) electrons. The molecule has 0 unspecified atom stereocenters. The molecule has 5 rings (SSSR count). The number of anilines is 1. The maximum atomic E-state index is 12.7. The Kier molecular flexibility index (Phi) is 5.45. The number of aryl methyl sites for hydroxylation is 1. The Morgan fingerprint density at radius 1 is 1.26 bits per heavy atom. The van der Waals surface area contributed by atoms with Crippen LogP contribution in [0.5, 0.6) is 5.75 Å². The lowest BCUT2D eigenvalue weighted by atomic mass is 9.95. The van der Waals surface area contributed by atoms with Crippen molar-refractivity contribution >= 4 is 17.7 Å². The van der Waals surface area contributed by atoms with Crippen LogP contribution < -0.4 is 15.0 Å². The summed E-state index contributed by atoms with van der Waals surface area (Å²) in [6, 6.07) is 7.35. The number of nitrogens with one attached hydrogen (secondary N) is 1. The zero-order valence-corrected chi connectivity index (χ0v) is 20.1. The zero-order valence-electron chi connectivity index (χ0n) is 20.1. The van der Waals surface area contributed by atoms with Crippen molar-refractivity contribution in [1.29, 1.82) is 0 Å². The van der Waals surface area contributed by atoms with E-state index < -0.39 is 17.3 Å². The predicted octanol–water partition coefficient (Wildman–Crippen LogP) is 2.10. The van der Waals surface area contributed by atoms with Crippen LogP contribution in [-0.4, -0.2) is 61.7 Å². The highest BCUT2D eigenvalue weighted by molar-refractivity contribution is 5.99. The summed E-state index contributed by atoms with van der Waals surface area (Å²) in [6.07, 6.45) is 1.16. The quantitative estimate of drug-likeness (QED) is 0.551. The third kappa shape index (κ3) is 4.68. The average Bonchev–Trinajstić information content (AvgIpc) is 3.42. The van der Waals surface area contributed by atoms with Crippen LogP contribution in [0, 0.1) is 6.92 Å². The van der Waals surface area contributed by atoms with Crippen molar-refractivity contribution in [2.24, 2.45) is 0 Å². The molecule has 2 aliphatic heterocycles. The number of tetrazole rings is 1. The first-order valence-corrected chi connectivity index (χ1v) is 11.4. The summed E-state index contributed by atoms with van der Waals surface area (Å²) in [6.45, 7) is 8.31. The van der Waals surface area contributed by atoms with Gasteiger partial charge >= 0.3 is 5.97 Å². The third-order valence-electron chi connectivity index (χ3n) is 5.86. The highest BCUT2D eigenvalue weighted by Crippen LogP contribution is 2.36. The van der Waals surface area contributed by atoms with Gasteiger partial charge in [-0.2, -0.15) is 4.80 Å². The van der Waals surface area contributed by atoms with Crippen LogP contribution in [0.15, 0.2) is 28.8 Å². The molecule has 1 N–H and O–H groups in total. The van der Waals surface area contributed by atoms with E-state index in [9.17, 15) is 9.59 Å². The molecule has 0 aliphatic carbocycles. The number of fused-ring (bicyclic) bond motifs is 1. The summed E-state index contributed by atoms with van der Waals surface area (Å²) in [5.74, 6) is 1.22. The minimum atomic E-state index is -0.743. The number of hydrogen-bond donors (Lipinski definition) is 1. The molecular weight excluding hydrogens is 454 g/mol. The fraction of sp³-hybridized carbons (Fsp3) is 0.478. The maximum Gasteiger partial charge on any atom is 0.330 e. The molecular formula is C23H27N7O5. The van der Waals surface area contributed by atoms with Gasteiger partial charge in [0.05, 0.1) is 5.56 Å². The first-order chi connectivity index (χ1) is 16.6. The second kappa shape index (κ2) is 8.36. The topological polar surface area (TPSA) is 138 Å². The van der Waals surface area contributed by atoms with E-state index in [1.165, 1.54) is 0 Å². The molecule has 1 aromatic carbocycles. The molecule has 0 saturated carbocycles. The van der Waals surface area contributed by atoms with E-state index in [1.807, 2.05) is 30.0 Å². The number of carbonyl (C=O) groups is 2. The average molecular weight is 482 g/mol. The van der Waals surface area contributed by atoms with Crippen molar-refractivity contribution in [2.75, 3.05) is 18.0 Å². The van der Waals surface area contributed by atoms with Gasteiger partial charge in [0.1, 0.15) is 11.4 Å². The molecule has 0 atom stereocenters. The van der Waals surface area contributed by atoms with Gasteiger partial charge in [-0.1, -0.05) is 17.3 Å². The lowest BCUT2D eigenvalue weighted by Crippen LogP contribution is -2.61. The number of ether oxygens (including phenoxy) is 2. The van der Waals surface area contributed by atoms with Crippen LogP contribution in [0.3, 0.4) is 0 Å². The summed E-state index contributed by atoms with van der Waals surface area (Å²) in [5, 5.41) is 19.2. The van der Waals surface area contributed by atoms with E-state index in [0.717, 1.165) is 10.4 Å². The largest absolute Gasteiger partial charge is 0.467 e. The highest BCUT2D eigenvalue weighted by atomic mass is 16.6. The Balaban J connectivity index is 1.22. The molecule has 0 bridgehead atoms. The molecule has 35 heavy (non-hydrogen) atoms. The summed E-state index contributed by atoms with van der Waals surface area (Å²) >= 11 is 0. The SMILES string of the molecule is Cc1cccc2c1C(=O)NC1(CCN(c3cc(-c4nnn(CC(=O)OC(C)(C)C)n4)on3)CC1)O2. The van der Waals surface area contributed by atoms with Gasteiger partial charge in [0.25, 0.3) is 5.91 Å². The number of hydrogen-bond acceptors (Lipinski definition) is 10. The number of carbonyl (C=O) groups excluding carboxylic acids is 2. The molecule has 3 aromatic rings. The summed E-state index contributed by atoms with van der Waals surface area (Å²) < 4.78 is 17.0. The van der Waals surface area contributed by atoms with Gasteiger partial charge in [-0.3, -0.25) is 4.79 Å². The monoisotopic (exact) mass is 481 g/mol. The number of aromatic nitrogens is 5. The first-order valence-electron chi connectivity index (χ1n) is 11.4. The summed E-state index contributed by atoms with van der Waals surface area (Å²) in [4.78, 5) is 27.9. The Labute approximate surface area is 201 Å². The second-order valence-electron chi connectivity index (χ2n) is 9.76. The molecule has 1 amide bonds. The van der Waals surface area contributed by atoms with Crippen molar-refractivity contribution in [2.45, 2.75) is 58.4 Å². The second-order valence-corrected chi connectivity index (χ2v) is 9.76. The molecule has 2 aliphatic rings. The van der Waals surface area contributed by atoms with E-state index in [-0.39, 0.29) is 18.3 Å². The minimum absolute atomic E-state index is 0.109. The number of rotatable bonds is 4. The van der Waals surface area contributed by atoms with Gasteiger partial charge < -0.3 is 24.2 Å². The smallest absolute Gasteiger partial charge is 0.330 e. The van der Waals surface area contributed by atoms with E-state index in [2.05, 4.69) is 25.9 Å². The van der Waals surface area contributed by atoms with Gasteiger partial charge in [-0.05, 0) is 44.5 Å². The van der Waals surface area contributed by atoms with Crippen LogP contribution in [-0.2, 0) is 16.1 Å². The Bertz CT molecular complexity index is 1270. The normalized spacial score (nSPS) is 17.0. The molecule has 184 valence electrons. The van der Waals surface area contributed by atoms with Crippen LogP contribution in [0.1, 0.15) is 49.5 Å². The van der Waals surface area contributed by atoms with Gasteiger partial charge in [0.15, 0.2) is 18.1 Å². The summed E-state index contributed by atoms with van der Waals surface area (Å²) in [7, 11) is 0. The molecule has 4 heterocycles. The van der Waals surface area contributed by atoms with E-state index >= 15 is 0 Å². The standard InChI is InChI=1S/C23H27N7O5/c1-14-6-5-7-15-19(14)21(32)24-23(33-15)8-10-29(11-9-23)17-12-16(35-27-17)20-25-28-30(26-20)13-18(31)34-22(2,3)4/h5-7,12H,8-11,13H2,1-4H3,(H,24,32). The van der Waals surface area contributed by atoms with E-state index in [0.29, 0.717) is 48.8 Å². The minimum Gasteiger partial charge on any atom is -0.467 e. The van der Waals surface area contributed by atoms with E-state index in [4.69, 9.17) is 14.0 Å². The summed E-state index contributed by atoms with van der Waals surface area (Å²) in [5.41, 5.74) is 0.140. The molecule has 12 heteroatoms. The van der Waals surface area contributed by atoms with Crippen molar-refractivity contribution < 1.29 is 23.6 Å². The number of benzene rings is 1. The van der Waals surface area contributed by atoms with Crippen molar-refractivity contribution in [3.8, 4) is 17.3 Å². The van der Waals surface area contributed by atoms with Crippen LogP contribution >= 0.6 is 0 Å². The Morgan fingerprint density at radius 2 is 2.03 bits per heavy atom. The number of nitrogens with zero attached hydrogens (tertiary/aromatic N) is 6. The lowest BCUT2D eigenvalue weighted by molar-refractivity contribution is -0.156. The first kappa shape index (κ1) is 22.8. The van der Waals surface area contributed by atoms with Crippen LogP contribution in [0.2, 0.25) is 0 Å². The zero-order chi connectivity index (χ0) is 24.8. The lowest BCUT2D eigenvalue weighted by Gasteiger charge is -2.44. The third-order valence-corrected chi connectivity index (χ3v) is 5.86. The van der Waals surface area contributed by atoms with E-state index in [1.54, 1.807) is 26.8 Å². The van der Waals surface area contributed by atoms with Gasteiger partial charge in [-0.15, -0.1) is 10.2 Å². The van der Waals surface area contributed by atoms with Crippen molar-refractivity contribution in [3.63, 3.8) is 0 Å². The van der Waals surface area contributed by atoms with Gasteiger partial charge in [0, 0.05) is 32.0 Å². The molecule has 1 saturated heterocycles. The highest BCUT2D eigenvalue weighted by Gasteiger charge is 2.43. The molecule has 1 spiro atoms. The molecule has 2 aromatic heterocycles. The van der Waals surface area contributed by atoms with Gasteiger partial charge in [0.2, 0.25) is 11.6 Å². The Hall–Kier alpha value is -3.96. The van der Waals surface area contributed by atoms with Crippen molar-refractivity contribution in [3.05, 3.63) is 35.4 Å². The molecule has 12 nitrogen and oxygen atoms in total. The van der Waals surface area contributed by atoms with Crippen LogP contribution in [0.4, 0.5) is 5.82 Å². The predicted molar refractivity (Wildman–Crippen MR) is 123 cm³/mol. The maximum absolute atomic E-state index is 12.7. The fourth-order valence-corrected chi connectivity index (χ4v) is 4.26. The number of amides is 1. The Morgan fingerprint density at radius 3 is 2.77 bits per heavy atom. The number of esters is 1. The van der Waals surface area contributed by atoms with Crippen LogP contribution in [0.25, 0.3) is 11.6 Å².